The Labute approximate surface area is 56.4 Å². The summed E-state index contributed by atoms with van der Waals surface area (Å²) in [6.45, 7) is 0. The highest BCUT2D eigenvalue weighted by atomic mass is 16.3. The molecule has 1 aliphatic rings. The van der Waals surface area contributed by atoms with Gasteiger partial charge in [-0.25, -0.2) is 0 Å². The van der Waals surface area contributed by atoms with E-state index in [0.717, 1.165) is 12.8 Å². The van der Waals surface area contributed by atoms with Crippen LogP contribution in [0, 0.1) is 0 Å². The normalized spacial score (nSPS) is 32.8. The molecule has 1 heteroatoms. The largest absolute Gasteiger partial charge is 0.393 e. The Morgan fingerprint density at radius 2 is 2.11 bits per heavy atom. The van der Waals surface area contributed by atoms with Crippen LogP contribution in [0.3, 0.4) is 0 Å². The zero-order valence-electron chi connectivity index (χ0n) is 5.71. The van der Waals surface area contributed by atoms with E-state index in [0.29, 0.717) is 0 Å². The van der Waals surface area contributed by atoms with Crippen LogP contribution in [0.2, 0.25) is 0 Å². The molecule has 0 radical (unpaired) electrons. The topological polar surface area (TPSA) is 20.2 Å². The minimum Gasteiger partial charge on any atom is -0.393 e. The molecule has 0 bridgehead atoms. The number of hydrogen-bond acceptors (Lipinski definition) is 1. The lowest BCUT2D eigenvalue weighted by Crippen LogP contribution is -2.05. The van der Waals surface area contributed by atoms with E-state index < -0.39 is 0 Å². The molecule has 0 amide bonds. The first-order chi connectivity index (χ1) is 4.39. The van der Waals surface area contributed by atoms with Crippen molar-refractivity contribution in [2.75, 3.05) is 0 Å². The van der Waals surface area contributed by atoms with Crippen molar-refractivity contribution in [1.82, 2.24) is 0 Å². The van der Waals surface area contributed by atoms with Gasteiger partial charge in [-0.3, -0.25) is 0 Å². The second kappa shape index (κ2) is 3.67. The molecule has 0 saturated carbocycles. The van der Waals surface area contributed by atoms with E-state index in [1.54, 1.807) is 0 Å². The summed E-state index contributed by atoms with van der Waals surface area (Å²) >= 11 is 0. The van der Waals surface area contributed by atoms with Crippen LogP contribution in [0.5, 0.6) is 0 Å². The fraction of sp³-hybridized carbons (Fsp3) is 0.750. The number of aliphatic hydroxyl groups is 1. The molecule has 0 aromatic heterocycles. The molecular weight excluding hydrogens is 112 g/mol. The summed E-state index contributed by atoms with van der Waals surface area (Å²) in [6.07, 6.45) is 9.67. The van der Waals surface area contributed by atoms with Gasteiger partial charge in [-0.15, -0.1) is 0 Å². The molecular formula is C8H14O. The maximum Gasteiger partial charge on any atom is 0.0574 e. The van der Waals surface area contributed by atoms with Crippen molar-refractivity contribution in [2.24, 2.45) is 0 Å². The number of rotatable bonds is 0. The summed E-state index contributed by atoms with van der Waals surface area (Å²) in [5, 5.41) is 9.16. The molecule has 0 aromatic carbocycles. The first kappa shape index (κ1) is 6.81. The molecule has 1 N–H and O–H groups in total. The summed E-state index contributed by atoms with van der Waals surface area (Å²) in [5.74, 6) is 0. The van der Waals surface area contributed by atoms with E-state index in [2.05, 4.69) is 12.2 Å². The number of hydrogen-bond donors (Lipinski definition) is 1. The predicted octanol–water partition coefficient (Wildman–Crippen LogP) is 1.87. The van der Waals surface area contributed by atoms with E-state index in [-0.39, 0.29) is 6.10 Å². The van der Waals surface area contributed by atoms with Crippen molar-refractivity contribution in [2.45, 2.75) is 38.2 Å². The number of aliphatic hydroxyl groups excluding tert-OH is 1. The fourth-order valence-corrected chi connectivity index (χ4v) is 1.13. The minimum atomic E-state index is -0.0680. The average molecular weight is 126 g/mol. The zero-order chi connectivity index (χ0) is 6.53. The van der Waals surface area contributed by atoms with E-state index in [1.165, 1.54) is 19.3 Å². The third-order valence-corrected chi connectivity index (χ3v) is 1.73. The van der Waals surface area contributed by atoms with E-state index in [4.69, 9.17) is 5.11 Å². The van der Waals surface area contributed by atoms with Crippen LogP contribution >= 0.6 is 0 Å². The van der Waals surface area contributed by atoms with Crippen molar-refractivity contribution in [3.8, 4) is 0 Å². The van der Waals surface area contributed by atoms with Crippen LogP contribution in [0.15, 0.2) is 12.2 Å². The molecule has 9 heavy (non-hydrogen) atoms. The van der Waals surface area contributed by atoms with Gasteiger partial charge in [0.15, 0.2) is 0 Å². The Bertz CT molecular complexity index is 96.7. The first-order valence-electron chi connectivity index (χ1n) is 3.72. The smallest absolute Gasteiger partial charge is 0.0574 e. The number of allylic oxidation sites excluding steroid dienone is 1. The van der Waals surface area contributed by atoms with Gasteiger partial charge in [0.05, 0.1) is 6.10 Å². The lowest BCUT2D eigenvalue weighted by Gasteiger charge is -2.08. The Morgan fingerprint density at radius 1 is 1.22 bits per heavy atom. The van der Waals surface area contributed by atoms with Gasteiger partial charge in [-0.1, -0.05) is 18.6 Å². The molecule has 0 fully saturated rings. The Hall–Kier alpha value is -0.300. The third kappa shape index (κ3) is 2.66. The first-order valence-corrected chi connectivity index (χ1v) is 3.72. The van der Waals surface area contributed by atoms with Crippen LogP contribution < -0.4 is 0 Å². The Kier molecular flexibility index (Phi) is 2.78. The summed E-state index contributed by atoms with van der Waals surface area (Å²) in [5.41, 5.74) is 0. The van der Waals surface area contributed by atoms with Gasteiger partial charge in [-0.05, 0) is 25.7 Å². The third-order valence-electron chi connectivity index (χ3n) is 1.73. The second-order valence-corrected chi connectivity index (χ2v) is 2.65. The van der Waals surface area contributed by atoms with Crippen molar-refractivity contribution < 1.29 is 5.11 Å². The standard InChI is InChI=1S/C8H14O/c9-8-6-4-2-1-3-5-7-8/h2,4,8-9H,1,3,5-7H2/b4-2-. The van der Waals surface area contributed by atoms with Crippen LogP contribution in [0.25, 0.3) is 0 Å². The predicted molar refractivity (Wildman–Crippen MR) is 38.2 cm³/mol. The molecule has 0 aliphatic heterocycles. The molecule has 0 spiro atoms. The van der Waals surface area contributed by atoms with E-state index >= 15 is 0 Å². The van der Waals surface area contributed by atoms with Crippen molar-refractivity contribution >= 4 is 0 Å². The van der Waals surface area contributed by atoms with Crippen molar-refractivity contribution in [3.05, 3.63) is 12.2 Å². The van der Waals surface area contributed by atoms with Gasteiger partial charge < -0.3 is 5.11 Å². The highest BCUT2D eigenvalue weighted by molar-refractivity contribution is 4.85. The highest BCUT2D eigenvalue weighted by Crippen LogP contribution is 2.10. The highest BCUT2D eigenvalue weighted by Gasteiger charge is 2.02. The van der Waals surface area contributed by atoms with Gasteiger partial charge in [-0.2, -0.15) is 0 Å². The van der Waals surface area contributed by atoms with E-state index in [9.17, 15) is 0 Å². The minimum absolute atomic E-state index is 0.0680. The lowest BCUT2D eigenvalue weighted by atomic mass is 10.0. The molecule has 1 unspecified atom stereocenters. The fourth-order valence-electron chi connectivity index (χ4n) is 1.13. The van der Waals surface area contributed by atoms with Crippen LogP contribution in [0.4, 0.5) is 0 Å². The maximum atomic E-state index is 9.16. The zero-order valence-corrected chi connectivity index (χ0v) is 5.71. The second-order valence-electron chi connectivity index (χ2n) is 2.65. The van der Waals surface area contributed by atoms with Gasteiger partial charge >= 0.3 is 0 Å². The van der Waals surface area contributed by atoms with Crippen LogP contribution in [-0.4, -0.2) is 11.2 Å². The molecule has 52 valence electrons. The summed E-state index contributed by atoms with van der Waals surface area (Å²) in [7, 11) is 0. The van der Waals surface area contributed by atoms with Crippen LogP contribution in [0.1, 0.15) is 32.1 Å². The molecule has 1 aliphatic carbocycles. The SMILES string of the molecule is OC1C/C=C\CCCC1. The maximum absolute atomic E-state index is 9.16. The summed E-state index contributed by atoms with van der Waals surface area (Å²) < 4.78 is 0. The summed E-state index contributed by atoms with van der Waals surface area (Å²) in [6, 6.07) is 0. The monoisotopic (exact) mass is 126 g/mol. The van der Waals surface area contributed by atoms with Gasteiger partial charge in [0.1, 0.15) is 0 Å². The van der Waals surface area contributed by atoms with Gasteiger partial charge in [0, 0.05) is 0 Å². The van der Waals surface area contributed by atoms with Gasteiger partial charge in [0.2, 0.25) is 0 Å². The quantitative estimate of drug-likeness (QED) is 0.491. The Morgan fingerprint density at radius 3 is 3.00 bits per heavy atom. The molecule has 1 nitrogen and oxygen atoms in total. The van der Waals surface area contributed by atoms with Crippen molar-refractivity contribution in [3.63, 3.8) is 0 Å². The Balaban J connectivity index is 2.28. The van der Waals surface area contributed by atoms with E-state index in [1.807, 2.05) is 0 Å². The van der Waals surface area contributed by atoms with Gasteiger partial charge in [0.25, 0.3) is 0 Å². The lowest BCUT2D eigenvalue weighted by molar-refractivity contribution is 0.163. The molecule has 0 heterocycles. The van der Waals surface area contributed by atoms with Crippen molar-refractivity contribution in [1.29, 1.82) is 0 Å². The van der Waals surface area contributed by atoms with Crippen LogP contribution in [-0.2, 0) is 0 Å². The molecule has 1 rings (SSSR count). The average Bonchev–Trinajstić information content (AvgIpc) is 1.79. The summed E-state index contributed by atoms with van der Waals surface area (Å²) in [4.78, 5) is 0. The molecule has 0 aromatic rings. The molecule has 1 atom stereocenters. The molecule has 0 saturated heterocycles.